The molecular weight excluding hydrogens is 354 g/mol. The second-order valence-corrected chi connectivity index (χ2v) is 8.06. The van der Waals surface area contributed by atoms with E-state index in [0.717, 1.165) is 18.4 Å². The predicted molar refractivity (Wildman–Crippen MR) is 110 cm³/mol. The number of aliphatic hydroxyl groups is 1. The number of nitrogens with one attached hydrogen (secondary N) is 1. The summed E-state index contributed by atoms with van der Waals surface area (Å²) in [5, 5.41) is 12.8. The number of amides is 2. The number of allylic oxidation sites excluding steroid dienone is 2. The maximum atomic E-state index is 12.7. The van der Waals surface area contributed by atoms with Crippen LogP contribution in [0.25, 0.3) is 5.57 Å². The monoisotopic (exact) mass is 385 g/mol. The normalized spacial score (nSPS) is 24.1. The fourth-order valence-electron chi connectivity index (χ4n) is 4.44. The molecule has 152 valence electrons. The van der Waals surface area contributed by atoms with Crippen LogP contribution in [-0.4, -0.2) is 72.6 Å². The Morgan fingerprint density at radius 2 is 1.93 bits per heavy atom. The van der Waals surface area contributed by atoms with E-state index >= 15 is 0 Å². The van der Waals surface area contributed by atoms with Crippen molar-refractivity contribution in [1.82, 2.24) is 15.1 Å². The molecule has 0 spiro atoms. The van der Waals surface area contributed by atoms with Crippen LogP contribution in [0.1, 0.15) is 43.2 Å². The molecule has 3 atom stereocenters. The van der Waals surface area contributed by atoms with Crippen molar-refractivity contribution in [3.63, 3.8) is 0 Å². The van der Waals surface area contributed by atoms with Gasteiger partial charge in [0.05, 0.1) is 25.2 Å². The quantitative estimate of drug-likeness (QED) is 0.748. The molecule has 0 saturated carbocycles. The molecule has 6 heteroatoms. The Kier molecular flexibility index (Phi) is 6.52. The lowest BCUT2D eigenvalue weighted by molar-refractivity contribution is -0.151. The summed E-state index contributed by atoms with van der Waals surface area (Å²) in [6, 6.07) is 8.08. The highest BCUT2D eigenvalue weighted by atomic mass is 16.3. The van der Waals surface area contributed by atoms with E-state index < -0.39 is 0 Å². The summed E-state index contributed by atoms with van der Waals surface area (Å²) in [7, 11) is 3.70. The maximum Gasteiger partial charge on any atom is 0.237 e. The average molecular weight is 386 g/mol. The Morgan fingerprint density at radius 3 is 2.46 bits per heavy atom. The van der Waals surface area contributed by atoms with Crippen molar-refractivity contribution >= 4 is 17.4 Å². The van der Waals surface area contributed by atoms with Gasteiger partial charge in [0.25, 0.3) is 0 Å². The molecule has 0 bridgehead atoms. The zero-order valence-electron chi connectivity index (χ0n) is 17.0. The van der Waals surface area contributed by atoms with Gasteiger partial charge in [-0.1, -0.05) is 30.3 Å². The number of likely N-dealkylation sites (N-methyl/N-ethyl adjacent to an activating group) is 1. The van der Waals surface area contributed by atoms with Crippen molar-refractivity contribution in [2.45, 2.75) is 44.2 Å². The summed E-state index contributed by atoms with van der Waals surface area (Å²) < 4.78 is 0. The minimum Gasteiger partial charge on any atom is -0.394 e. The molecule has 1 fully saturated rings. The fourth-order valence-corrected chi connectivity index (χ4v) is 4.44. The SMILES string of the molecule is CC(=O)NC[C@@H]1[C@@H](c2ccc(C3=CCCC3)cc2)[C@@H](CO)N1C(=O)CN(C)C. The van der Waals surface area contributed by atoms with Gasteiger partial charge >= 0.3 is 0 Å². The number of hydrogen-bond donors (Lipinski definition) is 2. The van der Waals surface area contributed by atoms with Gasteiger partial charge in [-0.3, -0.25) is 9.59 Å². The Balaban J connectivity index is 1.81. The van der Waals surface area contributed by atoms with Crippen molar-refractivity contribution in [1.29, 1.82) is 0 Å². The first-order valence-corrected chi connectivity index (χ1v) is 10.0. The van der Waals surface area contributed by atoms with Crippen LogP contribution < -0.4 is 5.32 Å². The van der Waals surface area contributed by atoms with Crippen molar-refractivity contribution in [2.75, 3.05) is 33.8 Å². The van der Waals surface area contributed by atoms with Crippen molar-refractivity contribution in [3.8, 4) is 0 Å². The molecule has 1 aromatic rings. The lowest BCUT2D eigenvalue weighted by atomic mass is 9.74. The Morgan fingerprint density at radius 1 is 1.21 bits per heavy atom. The van der Waals surface area contributed by atoms with Gasteiger partial charge in [-0.2, -0.15) is 0 Å². The second kappa shape index (κ2) is 8.88. The van der Waals surface area contributed by atoms with Gasteiger partial charge in [-0.15, -0.1) is 0 Å². The van der Waals surface area contributed by atoms with Crippen molar-refractivity contribution < 1.29 is 14.7 Å². The Hall–Kier alpha value is -2.18. The van der Waals surface area contributed by atoms with Crippen LogP contribution in [-0.2, 0) is 9.59 Å². The van der Waals surface area contributed by atoms with E-state index in [1.807, 2.05) is 19.0 Å². The van der Waals surface area contributed by atoms with E-state index in [-0.39, 0.29) is 43.0 Å². The zero-order valence-corrected chi connectivity index (χ0v) is 17.0. The summed E-state index contributed by atoms with van der Waals surface area (Å²) in [5.41, 5.74) is 3.75. The molecule has 1 aromatic carbocycles. The zero-order chi connectivity index (χ0) is 20.3. The third-order valence-corrected chi connectivity index (χ3v) is 5.74. The van der Waals surface area contributed by atoms with Gasteiger partial charge < -0.3 is 20.2 Å². The maximum absolute atomic E-state index is 12.7. The van der Waals surface area contributed by atoms with Crippen LogP contribution in [0.15, 0.2) is 30.3 Å². The number of carbonyl (C=O) groups excluding carboxylic acids is 2. The Labute approximate surface area is 167 Å². The summed E-state index contributed by atoms with van der Waals surface area (Å²) in [5.74, 6) is -0.132. The Bertz CT molecular complexity index is 742. The average Bonchev–Trinajstić information content (AvgIpc) is 3.15. The smallest absolute Gasteiger partial charge is 0.237 e. The van der Waals surface area contributed by atoms with Crippen LogP contribution >= 0.6 is 0 Å². The number of hydrogen-bond acceptors (Lipinski definition) is 4. The number of aliphatic hydroxyl groups excluding tert-OH is 1. The molecule has 1 aliphatic carbocycles. The molecule has 2 N–H and O–H groups in total. The number of likely N-dealkylation sites (tertiary alicyclic amines) is 1. The lowest BCUT2D eigenvalue weighted by Gasteiger charge is -2.55. The van der Waals surface area contributed by atoms with E-state index in [4.69, 9.17) is 0 Å². The largest absolute Gasteiger partial charge is 0.394 e. The van der Waals surface area contributed by atoms with Crippen LogP contribution in [0.2, 0.25) is 0 Å². The van der Waals surface area contributed by atoms with Gasteiger partial charge in [-0.25, -0.2) is 0 Å². The van der Waals surface area contributed by atoms with E-state index in [1.54, 1.807) is 4.90 Å². The van der Waals surface area contributed by atoms with Crippen molar-refractivity contribution in [2.24, 2.45) is 0 Å². The minimum absolute atomic E-state index is 0.00886. The molecule has 2 aliphatic rings. The molecule has 0 aromatic heterocycles. The number of nitrogens with zero attached hydrogens (tertiary/aromatic N) is 2. The molecule has 1 heterocycles. The predicted octanol–water partition coefficient (Wildman–Crippen LogP) is 1.61. The van der Waals surface area contributed by atoms with E-state index in [1.165, 1.54) is 24.5 Å². The van der Waals surface area contributed by atoms with Gasteiger partial charge in [0.1, 0.15) is 0 Å². The van der Waals surface area contributed by atoms with E-state index in [0.29, 0.717) is 6.54 Å². The first-order valence-electron chi connectivity index (χ1n) is 10.0. The highest BCUT2D eigenvalue weighted by Crippen LogP contribution is 2.41. The molecule has 3 rings (SSSR count). The number of benzene rings is 1. The summed E-state index contributed by atoms with van der Waals surface area (Å²) >= 11 is 0. The van der Waals surface area contributed by atoms with Gasteiger partial charge in [-0.05, 0) is 50.1 Å². The van der Waals surface area contributed by atoms with Crippen LogP contribution in [0.4, 0.5) is 0 Å². The van der Waals surface area contributed by atoms with Crippen LogP contribution in [0.5, 0.6) is 0 Å². The molecule has 2 amide bonds. The molecule has 0 radical (unpaired) electrons. The van der Waals surface area contributed by atoms with Gasteiger partial charge in [0.15, 0.2) is 0 Å². The standard InChI is InChI=1S/C22H31N3O3/c1-15(27)23-12-19-22(20(14-26)25(19)21(28)13-24(2)3)18-10-8-17(9-11-18)16-6-4-5-7-16/h6,8-11,19-20,22,26H,4-5,7,12-14H2,1-3H3,(H,23,27)/t19-,20-,22-/m1/s1. The molecular formula is C22H31N3O3. The van der Waals surface area contributed by atoms with Gasteiger partial charge in [0.2, 0.25) is 11.8 Å². The molecule has 1 saturated heterocycles. The highest BCUT2D eigenvalue weighted by Gasteiger charge is 2.50. The minimum atomic E-state index is -0.261. The van der Waals surface area contributed by atoms with Crippen LogP contribution in [0.3, 0.4) is 0 Å². The first-order chi connectivity index (χ1) is 13.4. The number of carbonyl (C=O) groups is 2. The fraction of sp³-hybridized carbons (Fsp3) is 0.545. The number of rotatable bonds is 7. The topological polar surface area (TPSA) is 72.9 Å². The summed E-state index contributed by atoms with van der Waals surface area (Å²) in [4.78, 5) is 27.7. The lowest BCUT2D eigenvalue weighted by Crippen LogP contribution is -2.69. The molecule has 1 aliphatic heterocycles. The second-order valence-electron chi connectivity index (χ2n) is 8.06. The highest BCUT2D eigenvalue weighted by molar-refractivity contribution is 5.81. The van der Waals surface area contributed by atoms with Crippen molar-refractivity contribution in [3.05, 3.63) is 41.5 Å². The third kappa shape index (κ3) is 4.28. The van der Waals surface area contributed by atoms with Gasteiger partial charge in [0, 0.05) is 19.4 Å². The summed E-state index contributed by atoms with van der Waals surface area (Å²) in [6.07, 6.45) is 5.79. The van der Waals surface area contributed by atoms with E-state index in [9.17, 15) is 14.7 Å². The van der Waals surface area contributed by atoms with Crippen LogP contribution in [0, 0.1) is 0 Å². The summed E-state index contributed by atoms with van der Waals surface area (Å²) in [6.45, 7) is 2.07. The molecule has 6 nitrogen and oxygen atoms in total. The third-order valence-electron chi connectivity index (χ3n) is 5.74. The first kappa shape index (κ1) is 20.6. The van der Waals surface area contributed by atoms with E-state index in [2.05, 4.69) is 35.7 Å². The molecule has 28 heavy (non-hydrogen) atoms. The molecule has 0 unspecified atom stereocenters.